The van der Waals surface area contributed by atoms with Crippen LogP contribution in [-0.4, -0.2) is 19.0 Å². The third-order valence-corrected chi connectivity index (χ3v) is 4.18. The Morgan fingerprint density at radius 1 is 1.19 bits per heavy atom. The Kier molecular flexibility index (Phi) is 4.43. The molecule has 110 valence electrons. The van der Waals surface area contributed by atoms with Crippen molar-refractivity contribution in [3.05, 3.63) is 40.3 Å². The van der Waals surface area contributed by atoms with E-state index in [4.69, 9.17) is 4.74 Å². The lowest BCUT2D eigenvalue weighted by atomic mass is 9.99. The molecule has 0 bridgehead atoms. The van der Waals surface area contributed by atoms with Gasteiger partial charge < -0.3 is 10.1 Å². The Labute approximate surface area is 127 Å². The van der Waals surface area contributed by atoms with Gasteiger partial charge in [-0.1, -0.05) is 18.2 Å². The van der Waals surface area contributed by atoms with Crippen molar-refractivity contribution in [2.24, 2.45) is 0 Å². The zero-order valence-corrected chi connectivity index (χ0v) is 13.3. The number of rotatable bonds is 3. The normalized spacial score (nSPS) is 10.3. The average molecular weight is 303 g/mol. The number of nitrogens with one attached hydrogen (secondary N) is 1. The molecule has 21 heavy (non-hydrogen) atoms. The van der Waals surface area contributed by atoms with Crippen LogP contribution in [0.2, 0.25) is 0 Å². The zero-order chi connectivity index (χ0) is 15.6. The van der Waals surface area contributed by atoms with Gasteiger partial charge in [0.2, 0.25) is 5.91 Å². The number of amides is 1. The first-order chi connectivity index (χ1) is 9.93. The monoisotopic (exact) mass is 303 g/mol. The maximum Gasteiger partial charge on any atom is 0.341 e. The van der Waals surface area contributed by atoms with Crippen molar-refractivity contribution in [1.82, 2.24) is 0 Å². The fourth-order valence-corrected chi connectivity index (χ4v) is 3.04. The van der Waals surface area contributed by atoms with Crippen molar-refractivity contribution < 1.29 is 14.3 Å². The number of esters is 1. The Morgan fingerprint density at radius 2 is 1.90 bits per heavy atom. The lowest BCUT2D eigenvalue weighted by molar-refractivity contribution is -0.114. The van der Waals surface area contributed by atoms with E-state index in [0.717, 1.165) is 16.7 Å². The smallest absolute Gasteiger partial charge is 0.341 e. The minimum absolute atomic E-state index is 0.214. The summed E-state index contributed by atoms with van der Waals surface area (Å²) in [5, 5.41) is 5.06. The lowest BCUT2D eigenvalue weighted by Gasteiger charge is -2.08. The summed E-state index contributed by atoms with van der Waals surface area (Å²) in [6.07, 6.45) is 0. The van der Waals surface area contributed by atoms with Crippen molar-refractivity contribution in [1.29, 1.82) is 0 Å². The molecule has 1 aromatic carbocycles. The van der Waals surface area contributed by atoms with Crippen LogP contribution >= 0.6 is 11.3 Å². The molecule has 0 spiro atoms. The highest BCUT2D eigenvalue weighted by atomic mass is 32.1. The van der Waals surface area contributed by atoms with Crippen molar-refractivity contribution in [3.63, 3.8) is 0 Å². The minimum Gasteiger partial charge on any atom is -0.465 e. The number of methoxy groups -OCH3 is 1. The van der Waals surface area contributed by atoms with Crippen LogP contribution in [0.5, 0.6) is 0 Å². The second-order valence-electron chi connectivity index (χ2n) is 4.83. The van der Waals surface area contributed by atoms with Gasteiger partial charge in [-0.25, -0.2) is 4.79 Å². The molecule has 1 amide bonds. The molecule has 0 saturated carbocycles. The van der Waals surface area contributed by atoms with Gasteiger partial charge in [-0.15, -0.1) is 11.3 Å². The van der Waals surface area contributed by atoms with E-state index in [-0.39, 0.29) is 5.91 Å². The highest BCUT2D eigenvalue weighted by Crippen LogP contribution is 2.36. The Bertz CT molecular complexity index is 704. The van der Waals surface area contributed by atoms with Crippen LogP contribution in [-0.2, 0) is 9.53 Å². The molecule has 0 aliphatic carbocycles. The molecule has 1 heterocycles. The second-order valence-corrected chi connectivity index (χ2v) is 5.70. The molecular formula is C16H17NO3S. The van der Waals surface area contributed by atoms with Crippen molar-refractivity contribution in [3.8, 4) is 11.1 Å². The van der Waals surface area contributed by atoms with Crippen LogP contribution in [0.4, 0.5) is 5.00 Å². The van der Waals surface area contributed by atoms with Gasteiger partial charge in [0, 0.05) is 17.9 Å². The molecule has 0 unspecified atom stereocenters. The number of aryl methyl sites for hydroxylation is 2. The zero-order valence-electron chi connectivity index (χ0n) is 12.4. The summed E-state index contributed by atoms with van der Waals surface area (Å²) >= 11 is 1.32. The largest absolute Gasteiger partial charge is 0.465 e. The lowest BCUT2D eigenvalue weighted by Crippen LogP contribution is -2.10. The van der Waals surface area contributed by atoms with E-state index in [1.807, 2.05) is 37.4 Å². The quantitative estimate of drug-likeness (QED) is 0.878. The Hall–Kier alpha value is -2.14. The summed E-state index contributed by atoms with van der Waals surface area (Å²) in [7, 11) is 1.34. The van der Waals surface area contributed by atoms with Crippen LogP contribution in [0.25, 0.3) is 11.1 Å². The summed E-state index contributed by atoms with van der Waals surface area (Å²) in [5.74, 6) is -0.665. The molecule has 2 aromatic rings. The highest BCUT2D eigenvalue weighted by molar-refractivity contribution is 7.15. The van der Waals surface area contributed by atoms with E-state index in [1.54, 1.807) is 0 Å². The van der Waals surface area contributed by atoms with E-state index in [9.17, 15) is 9.59 Å². The molecule has 1 N–H and O–H groups in total. The van der Waals surface area contributed by atoms with Crippen molar-refractivity contribution in [2.45, 2.75) is 20.8 Å². The van der Waals surface area contributed by atoms with Gasteiger partial charge in [0.1, 0.15) is 10.6 Å². The minimum atomic E-state index is -0.451. The first-order valence-electron chi connectivity index (χ1n) is 6.49. The fraction of sp³-hybridized carbons (Fsp3) is 0.250. The van der Waals surface area contributed by atoms with Crippen LogP contribution in [0.15, 0.2) is 23.6 Å². The number of hydrogen-bond donors (Lipinski definition) is 1. The molecule has 0 radical (unpaired) electrons. The van der Waals surface area contributed by atoms with Crippen LogP contribution in [0, 0.1) is 13.8 Å². The number of anilines is 1. The highest BCUT2D eigenvalue weighted by Gasteiger charge is 2.21. The standard InChI is InChI=1S/C16H17NO3S/c1-9-5-6-12(7-10(9)2)13-8-21-15(17-11(3)18)14(13)16(19)20-4/h5-8H,1-4H3,(H,17,18). The van der Waals surface area contributed by atoms with Crippen LogP contribution < -0.4 is 5.32 Å². The molecule has 2 rings (SSSR count). The number of ether oxygens (including phenoxy) is 1. The molecule has 4 nitrogen and oxygen atoms in total. The van der Waals surface area contributed by atoms with E-state index in [2.05, 4.69) is 5.32 Å². The first kappa shape index (κ1) is 15.3. The van der Waals surface area contributed by atoms with E-state index < -0.39 is 5.97 Å². The summed E-state index contributed by atoms with van der Waals surface area (Å²) < 4.78 is 4.85. The third-order valence-electron chi connectivity index (χ3n) is 3.29. The van der Waals surface area contributed by atoms with Gasteiger partial charge in [-0.3, -0.25) is 4.79 Å². The predicted octanol–water partition coefficient (Wildman–Crippen LogP) is 3.78. The van der Waals surface area contributed by atoms with Gasteiger partial charge in [0.05, 0.1) is 7.11 Å². The number of thiophene rings is 1. The third kappa shape index (κ3) is 3.13. The van der Waals surface area contributed by atoms with E-state index in [0.29, 0.717) is 10.6 Å². The van der Waals surface area contributed by atoms with Crippen molar-refractivity contribution >= 4 is 28.2 Å². The number of hydrogen-bond acceptors (Lipinski definition) is 4. The number of benzene rings is 1. The molecule has 0 fully saturated rings. The molecular weight excluding hydrogens is 286 g/mol. The molecule has 1 aromatic heterocycles. The maximum atomic E-state index is 12.1. The number of carbonyl (C=O) groups excluding carboxylic acids is 2. The maximum absolute atomic E-state index is 12.1. The molecule has 0 atom stereocenters. The summed E-state index contributed by atoms with van der Waals surface area (Å²) in [6.45, 7) is 5.48. The molecule has 0 aliphatic rings. The first-order valence-corrected chi connectivity index (χ1v) is 7.37. The summed E-state index contributed by atoms with van der Waals surface area (Å²) in [5.41, 5.74) is 4.46. The van der Waals surface area contributed by atoms with Gasteiger partial charge >= 0.3 is 5.97 Å². The summed E-state index contributed by atoms with van der Waals surface area (Å²) in [6, 6.07) is 6.01. The number of carbonyl (C=O) groups is 2. The van der Waals surface area contributed by atoms with Crippen LogP contribution in [0.3, 0.4) is 0 Å². The summed E-state index contributed by atoms with van der Waals surface area (Å²) in [4.78, 5) is 23.3. The van der Waals surface area contributed by atoms with Gasteiger partial charge in [-0.2, -0.15) is 0 Å². The second kappa shape index (κ2) is 6.10. The average Bonchev–Trinajstić information content (AvgIpc) is 2.84. The van der Waals surface area contributed by atoms with Gasteiger partial charge in [-0.05, 0) is 30.5 Å². The predicted molar refractivity (Wildman–Crippen MR) is 84.9 cm³/mol. The van der Waals surface area contributed by atoms with Crippen molar-refractivity contribution in [2.75, 3.05) is 12.4 Å². The van der Waals surface area contributed by atoms with E-state index in [1.165, 1.54) is 30.9 Å². The fourth-order valence-electron chi connectivity index (χ4n) is 2.04. The van der Waals surface area contributed by atoms with Crippen LogP contribution in [0.1, 0.15) is 28.4 Å². The van der Waals surface area contributed by atoms with Gasteiger partial charge in [0.25, 0.3) is 0 Å². The van der Waals surface area contributed by atoms with E-state index >= 15 is 0 Å². The topological polar surface area (TPSA) is 55.4 Å². The SMILES string of the molecule is COC(=O)c1c(-c2ccc(C)c(C)c2)csc1NC(C)=O. The molecule has 0 saturated heterocycles. The Balaban J connectivity index is 2.57. The Morgan fingerprint density at radius 3 is 2.48 bits per heavy atom. The molecule has 0 aliphatic heterocycles. The molecule has 5 heteroatoms. The van der Waals surface area contributed by atoms with Gasteiger partial charge in [0.15, 0.2) is 0 Å².